The van der Waals surface area contributed by atoms with Crippen molar-refractivity contribution in [3.8, 4) is 0 Å². The lowest BCUT2D eigenvalue weighted by Crippen LogP contribution is -2.37. The van der Waals surface area contributed by atoms with Gasteiger partial charge in [-0.3, -0.25) is 9.59 Å². The van der Waals surface area contributed by atoms with Crippen LogP contribution in [0, 0.1) is 5.92 Å². The van der Waals surface area contributed by atoms with Crippen LogP contribution in [0.5, 0.6) is 0 Å². The highest BCUT2D eigenvalue weighted by molar-refractivity contribution is 6.31. The van der Waals surface area contributed by atoms with Gasteiger partial charge in [0.2, 0.25) is 11.8 Å². The summed E-state index contributed by atoms with van der Waals surface area (Å²) in [6.45, 7) is 1.04. The summed E-state index contributed by atoms with van der Waals surface area (Å²) in [5, 5.41) is 3.55. The van der Waals surface area contributed by atoms with Gasteiger partial charge in [0.15, 0.2) is 0 Å². The third-order valence-corrected chi connectivity index (χ3v) is 4.61. The summed E-state index contributed by atoms with van der Waals surface area (Å²) < 4.78 is 0. The monoisotopic (exact) mass is 342 g/mol. The standard InChI is InChI=1S/C19H19ClN2O2/c20-17-9-5-4-6-14(17)10-12-21-18(23)16-11-13-22(19(16)24)15-7-2-1-3-8-15/h1-9,16H,10-13H2,(H,21,23). The number of nitrogens with zero attached hydrogens (tertiary/aromatic N) is 1. The molecule has 0 aliphatic carbocycles. The molecule has 0 spiro atoms. The number of amides is 2. The Morgan fingerprint density at radius 2 is 1.83 bits per heavy atom. The summed E-state index contributed by atoms with van der Waals surface area (Å²) in [6.07, 6.45) is 1.19. The fourth-order valence-corrected chi connectivity index (χ4v) is 3.16. The van der Waals surface area contributed by atoms with Gasteiger partial charge in [-0.2, -0.15) is 0 Å². The lowest BCUT2D eigenvalue weighted by molar-refractivity contribution is -0.132. The average molecular weight is 343 g/mol. The van der Waals surface area contributed by atoms with Crippen molar-refractivity contribution in [1.82, 2.24) is 5.32 Å². The summed E-state index contributed by atoms with van der Waals surface area (Å²) in [5.74, 6) is -0.932. The van der Waals surface area contributed by atoms with Gasteiger partial charge in [0, 0.05) is 23.8 Å². The van der Waals surface area contributed by atoms with Crippen molar-refractivity contribution in [1.29, 1.82) is 0 Å². The van der Waals surface area contributed by atoms with E-state index in [0.717, 1.165) is 11.3 Å². The van der Waals surface area contributed by atoms with Crippen LogP contribution < -0.4 is 10.2 Å². The van der Waals surface area contributed by atoms with Crippen LogP contribution in [0.15, 0.2) is 54.6 Å². The van der Waals surface area contributed by atoms with Crippen molar-refractivity contribution in [2.45, 2.75) is 12.8 Å². The maximum Gasteiger partial charge on any atom is 0.239 e. The second-order valence-corrected chi connectivity index (χ2v) is 6.21. The van der Waals surface area contributed by atoms with Gasteiger partial charge >= 0.3 is 0 Å². The molecule has 124 valence electrons. The van der Waals surface area contributed by atoms with Gasteiger partial charge in [-0.1, -0.05) is 48.0 Å². The van der Waals surface area contributed by atoms with E-state index in [1.54, 1.807) is 4.90 Å². The molecule has 4 nitrogen and oxygen atoms in total. The molecule has 1 unspecified atom stereocenters. The molecule has 3 rings (SSSR count). The minimum Gasteiger partial charge on any atom is -0.355 e. The Bertz CT molecular complexity index is 733. The zero-order valence-electron chi connectivity index (χ0n) is 13.2. The largest absolute Gasteiger partial charge is 0.355 e. The molecule has 1 atom stereocenters. The molecule has 2 amide bonds. The summed E-state index contributed by atoms with van der Waals surface area (Å²) in [5.41, 5.74) is 1.83. The lowest BCUT2D eigenvalue weighted by atomic mass is 10.1. The van der Waals surface area contributed by atoms with E-state index in [1.165, 1.54) is 0 Å². The predicted molar refractivity (Wildman–Crippen MR) is 95.1 cm³/mol. The number of halogens is 1. The highest BCUT2D eigenvalue weighted by Crippen LogP contribution is 2.25. The van der Waals surface area contributed by atoms with Crippen LogP contribution in [0.25, 0.3) is 0 Å². The van der Waals surface area contributed by atoms with Gasteiger partial charge in [0.1, 0.15) is 5.92 Å². The zero-order chi connectivity index (χ0) is 16.9. The quantitative estimate of drug-likeness (QED) is 0.849. The van der Waals surface area contributed by atoms with Crippen molar-refractivity contribution in [3.63, 3.8) is 0 Å². The zero-order valence-corrected chi connectivity index (χ0v) is 14.0. The number of hydrogen-bond donors (Lipinski definition) is 1. The Kier molecular flexibility index (Phi) is 5.16. The summed E-state index contributed by atoms with van der Waals surface area (Å²) in [6, 6.07) is 17.0. The van der Waals surface area contributed by atoms with Crippen molar-refractivity contribution in [2.75, 3.05) is 18.0 Å². The van der Waals surface area contributed by atoms with Crippen LogP contribution in [-0.4, -0.2) is 24.9 Å². The molecule has 1 heterocycles. The number of carbonyl (C=O) groups is 2. The number of hydrogen-bond acceptors (Lipinski definition) is 2. The maximum absolute atomic E-state index is 12.5. The Hall–Kier alpha value is -2.33. The van der Waals surface area contributed by atoms with Crippen LogP contribution in [-0.2, 0) is 16.0 Å². The molecule has 0 aromatic heterocycles. The molecule has 1 N–H and O–H groups in total. The highest BCUT2D eigenvalue weighted by atomic mass is 35.5. The molecule has 0 bridgehead atoms. The van der Waals surface area contributed by atoms with Gasteiger partial charge in [-0.15, -0.1) is 0 Å². The van der Waals surface area contributed by atoms with E-state index in [0.29, 0.717) is 31.0 Å². The van der Waals surface area contributed by atoms with Gasteiger partial charge in [-0.05, 0) is 36.6 Å². The SMILES string of the molecule is O=C(NCCc1ccccc1Cl)C1CCN(c2ccccc2)C1=O. The van der Waals surface area contributed by atoms with Crippen LogP contribution in [0.2, 0.25) is 5.02 Å². The topological polar surface area (TPSA) is 49.4 Å². The van der Waals surface area contributed by atoms with Gasteiger partial charge in [0.25, 0.3) is 0 Å². The third-order valence-electron chi connectivity index (χ3n) is 4.24. The summed E-state index contributed by atoms with van der Waals surface area (Å²) in [4.78, 5) is 26.5. The van der Waals surface area contributed by atoms with Crippen molar-refractivity contribution >= 4 is 29.1 Å². The van der Waals surface area contributed by atoms with Crippen LogP contribution >= 0.6 is 11.6 Å². The summed E-state index contributed by atoms with van der Waals surface area (Å²) in [7, 11) is 0. The highest BCUT2D eigenvalue weighted by Gasteiger charge is 2.37. The molecule has 24 heavy (non-hydrogen) atoms. The number of carbonyl (C=O) groups excluding carboxylic acids is 2. The lowest BCUT2D eigenvalue weighted by Gasteiger charge is -2.16. The van der Waals surface area contributed by atoms with Crippen LogP contribution in [0.3, 0.4) is 0 Å². The Morgan fingerprint density at radius 3 is 2.58 bits per heavy atom. The Balaban J connectivity index is 1.54. The van der Waals surface area contributed by atoms with E-state index >= 15 is 0 Å². The van der Waals surface area contributed by atoms with Gasteiger partial charge in [-0.25, -0.2) is 0 Å². The van der Waals surface area contributed by atoms with Gasteiger partial charge < -0.3 is 10.2 Å². The van der Waals surface area contributed by atoms with E-state index in [2.05, 4.69) is 5.32 Å². The van der Waals surface area contributed by atoms with Crippen LogP contribution in [0.4, 0.5) is 5.69 Å². The smallest absolute Gasteiger partial charge is 0.239 e. The molecule has 2 aromatic carbocycles. The number of para-hydroxylation sites is 1. The van der Waals surface area contributed by atoms with Crippen molar-refractivity contribution < 1.29 is 9.59 Å². The molecular weight excluding hydrogens is 324 g/mol. The van der Waals surface area contributed by atoms with Crippen molar-refractivity contribution in [3.05, 3.63) is 65.2 Å². The molecule has 1 fully saturated rings. The third kappa shape index (κ3) is 3.60. The minimum absolute atomic E-state index is 0.128. The predicted octanol–water partition coefficient (Wildman–Crippen LogP) is 3.05. The molecular formula is C19H19ClN2O2. The first-order chi connectivity index (χ1) is 11.7. The fourth-order valence-electron chi connectivity index (χ4n) is 2.93. The minimum atomic E-state index is -0.601. The molecule has 0 radical (unpaired) electrons. The molecule has 0 saturated carbocycles. The first-order valence-corrected chi connectivity index (χ1v) is 8.42. The van der Waals surface area contributed by atoms with Crippen molar-refractivity contribution in [2.24, 2.45) is 5.92 Å². The number of benzene rings is 2. The maximum atomic E-state index is 12.5. The number of rotatable bonds is 5. The normalized spacial score (nSPS) is 17.1. The first kappa shape index (κ1) is 16.5. The van der Waals surface area contributed by atoms with E-state index < -0.39 is 5.92 Å². The van der Waals surface area contributed by atoms with E-state index in [9.17, 15) is 9.59 Å². The molecule has 1 aliphatic heterocycles. The van der Waals surface area contributed by atoms with E-state index in [-0.39, 0.29) is 11.8 Å². The second-order valence-electron chi connectivity index (χ2n) is 5.80. The van der Waals surface area contributed by atoms with E-state index in [1.807, 2.05) is 54.6 Å². The van der Waals surface area contributed by atoms with E-state index in [4.69, 9.17) is 11.6 Å². The number of nitrogens with one attached hydrogen (secondary N) is 1. The molecule has 5 heteroatoms. The van der Waals surface area contributed by atoms with Gasteiger partial charge in [0.05, 0.1) is 0 Å². The first-order valence-electron chi connectivity index (χ1n) is 8.04. The Morgan fingerprint density at radius 1 is 1.12 bits per heavy atom. The molecule has 1 aliphatic rings. The Labute approximate surface area is 146 Å². The number of anilines is 1. The molecule has 2 aromatic rings. The van der Waals surface area contributed by atoms with Crippen LogP contribution in [0.1, 0.15) is 12.0 Å². The fraction of sp³-hybridized carbons (Fsp3) is 0.263. The average Bonchev–Trinajstić information content (AvgIpc) is 2.99. The molecule has 1 saturated heterocycles. The second kappa shape index (κ2) is 7.49. The summed E-state index contributed by atoms with van der Waals surface area (Å²) >= 11 is 6.10.